The van der Waals surface area contributed by atoms with Crippen molar-refractivity contribution in [2.75, 3.05) is 0 Å². The largest absolute Gasteiger partial charge is 0.294 e. The van der Waals surface area contributed by atoms with E-state index in [1.807, 2.05) is 24.3 Å². The van der Waals surface area contributed by atoms with Crippen LogP contribution in [0.1, 0.15) is 56.3 Å². The summed E-state index contributed by atoms with van der Waals surface area (Å²) in [4.78, 5) is 13.3. The molecule has 0 N–H and O–H groups in total. The summed E-state index contributed by atoms with van der Waals surface area (Å²) in [5, 5.41) is 2.28. The first kappa shape index (κ1) is 14.3. The third-order valence-corrected chi connectivity index (χ3v) is 4.88. The van der Waals surface area contributed by atoms with Gasteiger partial charge in [-0.1, -0.05) is 69.2 Å². The highest BCUT2D eigenvalue weighted by molar-refractivity contribution is 6.10. The lowest BCUT2D eigenvalue weighted by molar-refractivity contribution is 0.0762. The van der Waals surface area contributed by atoms with Crippen LogP contribution in [0.3, 0.4) is 0 Å². The summed E-state index contributed by atoms with van der Waals surface area (Å²) in [6.07, 6.45) is 5.54. The number of hydrogen-bond donors (Lipinski definition) is 0. The second-order valence-corrected chi connectivity index (χ2v) is 6.94. The van der Waals surface area contributed by atoms with E-state index in [1.54, 1.807) is 0 Å². The van der Waals surface area contributed by atoms with Crippen molar-refractivity contribution in [3.05, 3.63) is 48.0 Å². The van der Waals surface area contributed by atoms with Gasteiger partial charge in [0.25, 0.3) is 0 Å². The molecular formula is C20H24O. The molecule has 1 fully saturated rings. The minimum Gasteiger partial charge on any atom is -0.294 e. The number of carbonyl (C=O) groups is 1. The molecule has 2 aromatic rings. The summed E-state index contributed by atoms with van der Waals surface area (Å²) in [6, 6.07) is 14.4. The molecule has 110 valence electrons. The second-order valence-electron chi connectivity index (χ2n) is 6.94. The molecule has 0 saturated heterocycles. The fraction of sp³-hybridized carbons (Fsp3) is 0.450. The summed E-state index contributed by atoms with van der Waals surface area (Å²) in [5.74, 6) is 0.951. The smallest absolute Gasteiger partial charge is 0.169 e. The van der Waals surface area contributed by atoms with Crippen molar-refractivity contribution in [1.29, 1.82) is 0 Å². The first-order chi connectivity index (χ1) is 10.1. The first-order valence-corrected chi connectivity index (χ1v) is 8.15. The van der Waals surface area contributed by atoms with Gasteiger partial charge in [0.1, 0.15) is 0 Å². The number of hydrogen-bond acceptors (Lipinski definition) is 1. The summed E-state index contributed by atoms with van der Waals surface area (Å²) in [6.45, 7) is 4.47. The van der Waals surface area contributed by atoms with Crippen molar-refractivity contribution < 1.29 is 4.79 Å². The zero-order chi connectivity index (χ0) is 14.9. The third kappa shape index (κ3) is 2.62. The van der Waals surface area contributed by atoms with Gasteiger partial charge in [-0.05, 0) is 36.0 Å². The molecule has 1 saturated carbocycles. The van der Waals surface area contributed by atoms with Gasteiger partial charge in [-0.3, -0.25) is 4.79 Å². The molecule has 0 unspecified atom stereocenters. The molecule has 0 bridgehead atoms. The molecule has 21 heavy (non-hydrogen) atoms. The highest BCUT2D eigenvalue weighted by Crippen LogP contribution is 2.46. The Morgan fingerprint density at radius 1 is 1.05 bits per heavy atom. The number of ketones is 1. The summed E-state index contributed by atoms with van der Waals surface area (Å²) in [7, 11) is 0. The van der Waals surface area contributed by atoms with E-state index in [9.17, 15) is 4.79 Å². The molecule has 1 aliphatic rings. The van der Waals surface area contributed by atoms with Crippen molar-refractivity contribution in [2.24, 2.45) is 11.3 Å². The standard InChI is InChI=1S/C20H24O/c1-15(2)14-20(12-5-6-13-20)19(21)18-11-7-9-16-8-3-4-10-17(16)18/h3-4,7-11,15H,5-6,12-14H2,1-2H3. The number of carbonyl (C=O) groups excluding carboxylic acids is 1. The van der Waals surface area contributed by atoms with Crippen LogP contribution in [0, 0.1) is 11.3 Å². The molecule has 3 rings (SSSR count). The molecule has 0 aliphatic heterocycles. The van der Waals surface area contributed by atoms with E-state index in [4.69, 9.17) is 0 Å². The normalized spacial score (nSPS) is 17.5. The Hall–Kier alpha value is -1.63. The van der Waals surface area contributed by atoms with Crippen LogP contribution in [0.25, 0.3) is 10.8 Å². The van der Waals surface area contributed by atoms with Crippen LogP contribution >= 0.6 is 0 Å². The van der Waals surface area contributed by atoms with E-state index < -0.39 is 0 Å². The number of benzene rings is 2. The molecule has 0 radical (unpaired) electrons. The Balaban J connectivity index is 2.06. The van der Waals surface area contributed by atoms with Crippen LogP contribution < -0.4 is 0 Å². The van der Waals surface area contributed by atoms with E-state index in [1.165, 1.54) is 18.2 Å². The summed E-state index contributed by atoms with van der Waals surface area (Å²) < 4.78 is 0. The van der Waals surface area contributed by atoms with Gasteiger partial charge in [0.05, 0.1) is 0 Å². The predicted molar refractivity (Wildman–Crippen MR) is 88.6 cm³/mol. The average molecular weight is 280 g/mol. The number of Topliss-reactive ketones (excluding diaryl/α,β-unsaturated/α-hetero) is 1. The maximum Gasteiger partial charge on any atom is 0.169 e. The highest BCUT2D eigenvalue weighted by atomic mass is 16.1. The van der Waals surface area contributed by atoms with E-state index in [0.29, 0.717) is 11.7 Å². The molecule has 1 heteroatoms. The van der Waals surface area contributed by atoms with Crippen molar-refractivity contribution in [2.45, 2.75) is 46.0 Å². The van der Waals surface area contributed by atoms with Gasteiger partial charge in [0, 0.05) is 11.0 Å². The lowest BCUT2D eigenvalue weighted by atomic mass is 9.72. The Bertz CT molecular complexity index is 642. The first-order valence-electron chi connectivity index (χ1n) is 8.15. The maximum atomic E-state index is 13.3. The van der Waals surface area contributed by atoms with Gasteiger partial charge in [0.15, 0.2) is 5.78 Å². The molecule has 0 heterocycles. The molecule has 0 spiro atoms. The van der Waals surface area contributed by atoms with E-state index in [2.05, 4.69) is 32.0 Å². The van der Waals surface area contributed by atoms with Gasteiger partial charge in [-0.25, -0.2) is 0 Å². The molecule has 0 amide bonds. The Morgan fingerprint density at radius 3 is 2.43 bits per heavy atom. The van der Waals surface area contributed by atoms with Crippen LogP contribution in [0.4, 0.5) is 0 Å². The molecular weight excluding hydrogens is 256 g/mol. The second kappa shape index (κ2) is 5.63. The van der Waals surface area contributed by atoms with Crippen molar-refractivity contribution in [1.82, 2.24) is 0 Å². The van der Waals surface area contributed by atoms with Crippen LogP contribution in [-0.4, -0.2) is 5.78 Å². The Morgan fingerprint density at radius 2 is 1.71 bits per heavy atom. The lowest BCUT2D eigenvalue weighted by Gasteiger charge is -2.30. The van der Waals surface area contributed by atoms with Gasteiger partial charge in [-0.2, -0.15) is 0 Å². The molecule has 1 aliphatic carbocycles. The van der Waals surface area contributed by atoms with Gasteiger partial charge in [-0.15, -0.1) is 0 Å². The average Bonchev–Trinajstić information content (AvgIpc) is 2.95. The van der Waals surface area contributed by atoms with Crippen LogP contribution in [0.2, 0.25) is 0 Å². The minimum absolute atomic E-state index is 0.113. The molecule has 2 aromatic carbocycles. The summed E-state index contributed by atoms with van der Waals surface area (Å²) in [5.41, 5.74) is 0.814. The topological polar surface area (TPSA) is 17.1 Å². The fourth-order valence-electron chi connectivity index (χ4n) is 4.07. The molecule has 0 aromatic heterocycles. The zero-order valence-corrected chi connectivity index (χ0v) is 13.1. The molecule has 1 nitrogen and oxygen atoms in total. The Labute approximate surface area is 127 Å². The van der Waals surface area contributed by atoms with Gasteiger partial charge >= 0.3 is 0 Å². The minimum atomic E-state index is -0.113. The monoisotopic (exact) mass is 280 g/mol. The van der Waals surface area contributed by atoms with Crippen molar-refractivity contribution >= 4 is 16.6 Å². The van der Waals surface area contributed by atoms with E-state index >= 15 is 0 Å². The highest BCUT2D eigenvalue weighted by Gasteiger charge is 2.41. The Kier molecular flexibility index (Phi) is 3.84. The predicted octanol–water partition coefficient (Wildman–Crippen LogP) is 5.63. The maximum absolute atomic E-state index is 13.3. The SMILES string of the molecule is CC(C)CC1(C(=O)c2cccc3ccccc23)CCCC1. The number of fused-ring (bicyclic) bond motifs is 1. The van der Waals surface area contributed by atoms with Crippen molar-refractivity contribution in [3.8, 4) is 0 Å². The van der Waals surface area contributed by atoms with E-state index in [0.717, 1.165) is 30.2 Å². The van der Waals surface area contributed by atoms with Crippen LogP contribution in [0.5, 0.6) is 0 Å². The lowest BCUT2D eigenvalue weighted by Crippen LogP contribution is -2.30. The van der Waals surface area contributed by atoms with Gasteiger partial charge < -0.3 is 0 Å². The molecule has 0 atom stereocenters. The fourth-order valence-corrected chi connectivity index (χ4v) is 4.07. The quantitative estimate of drug-likeness (QED) is 0.663. The van der Waals surface area contributed by atoms with Gasteiger partial charge in [0.2, 0.25) is 0 Å². The summed E-state index contributed by atoms with van der Waals surface area (Å²) >= 11 is 0. The number of rotatable bonds is 4. The zero-order valence-electron chi connectivity index (χ0n) is 13.1. The van der Waals surface area contributed by atoms with Crippen molar-refractivity contribution in [3.63, 3.8) is 0 Å². The van der Waals surface area contributed by atoms with E-state index in [-0.39, 0.29) is 5.41 Å². The van der Waals surface area contributed by atoms with Crippen LogP contribution in [0.15, 0.2) is 42.5 Å². The third-order valence-electron chi connectivity index (χ3n) is 4.88. The van der Waals surface area contributed by atoms with Crippen LogP contribution in [-0.2, 0) is 0 Å².